The van der Waals surface area contributed by atoms with Gasteiger partial charge in [-0.05, 0) is 103 Å². The third-order valence-corrected chi connectivity index (χ3v) is 7.23. The Kier molecular flexibility index (Phi) is 9.86. The zero-order valence-corrected chi connectivity index (χ0v) is 21.1. The molecule has 0 unspecified atom stereocenters. The van der Waals surface area contributed by atoms with E-state index in [1.165, 1.54) is 19.3 Å². The SMILES string of the molecule is CC(C)(C)OC(=O)NCCCOCCCCOCCCNC(=O)C12CC3CC(CC(C3)C1)C2. The molecule has 190 valence electrons. The van der Waals surface area contributed by atoms with Crippen LogP contribution in [-0.2, 0) is 19.0 Å². The molecule has 4 bridgehead atoms. The zero-order chi connectivity index (χ0) is 23.7. The average molecular weight is 467 g/mol. The van der Waals surface area contributed by atoms with Gasteiger partial charge >= 0.3 is 6.09 Å². The number of nitrogens with one attached hydrogen (secondary N) is 2. The maximum absolute atomic E-state index is 12.9. The average Bonchev–Trinajstić information content (AvgIpc) is 2.71. The minimum absolute atomic E-state index is 0.0403. The summed E-state index contributed by atoms with van der Waals surface area (Å²) in [6, 6.07) is 0. The maximum atomic E-state index is 12.9. The van der Waals surface area contributed by atoms with Crippen LogP contribution >= 0.6 is 0 Å². The minimum Gasteiger partial charge on any atom is -0.444 e. The molecule has 2 amide bonds. The zero-order valence-electron chi connectivity index (χ0n) is 21.1. The molecule has 4 aliphatic rings. The molecule has 0 aromatic carbocycles. The molecule has 33 heavy (non-hydrogen) atoms. The Balaban J connectivity index is 1.09. The molecular weight excluding hydrogens is 420 g/mol. The minimum atomic E-state index is -0.468. The number of carbonyl (C=O) groups is 2. The van der Waals surface area contributed by atoms with Gasteiger partial charge in [0, 0.05) is 44.9 Å². The highest BCUT2D eigenvalue weighted by Crippen LogP contribution is 2.60. The Bertz CT molecular complexity index is 595. The number of hydrogen-bond acceptors (Lipinski definition) is 5. The Morgan fingerprint density at radius 3 is 1.70 bits per heavy atom. The van der Waals surface area contributed by atoms with Gasteiger partial charge in [-0.15, -0.1) is 0 Å². The molecule has 0 radical (unpaired) electrons. The summed E-state index contributed by atoms with van der Waals surface area (Å²) in [6.45, 7) is 9.57. The van der Waals surface area contributed by atoms with Crippen LogP contribution in [-0.4, -0.2) is 57.1 Å². The van der Waals surface area contributed by atoms with Crippen molar-refractivity contribution < 1.29 is 23.8 Å². The summed E-state index contributed by atoms with van der Waals surface area (Å²) in [4.78, 5) is 24.4. The second-order valence-electron chi connectivity index (χ2n) is 11.5. The lowest BCUT2D eigenvalue weighted by atomic mass is 9.49. The van der Waals surface area contributed by atoms with Crippen molar-refractivity contribution in [3.63, 3.8) is 0 Å². The predicted molar refractivity (Wildman–Crippen MR) is 128 cm³/mol. The normalized spacial score (nSPS) is 28.0. The molecule has 0 aliphatic heterocycles. The van der Waals surface area contributed by atoms with Crippen molar-refractivity contribution >= 4 is 12.0 Å². The summed E-state index contributed by atoms with van der Waals surface area (Å²) < 4.78 is 16.5. The van der Waals surface area contributed by atoms with Crippen LogP contribution in [0.3, 0.4) is 0 Å². The van der Waals surface area contributed by atoms with Crippen molar-refractivity contribution in [2.75, 3.05) is 39.5 Å². The molecule has 4 rings (SSSR count). The van der Waals surface area contributed by atoms with Crippen molar-refractivity contribution in [2.45, 2.75) is 90.6 Å². The molecule has 4 fully saturated rings. The maximum Gasteiger partial charge on any atom is 0.407 e. The Morgan fingerprint density at radius 1 is 0.758 bits per heavy atom. The predicted octanol–water partition coefficient (Wildman–Crippen LogP) is 4.44. The summed E-state index contributed by atoms with van der Waals surface area (Å²) in [5, 5.41) is 5.95. The van der Waals surface area contributed by atoms with E-state index in [0.717, 1.165) is 75.9 Å². The van der Waals surface area contributed by atoms with Gasteiger partial charge in [0.05, 0.1) is 0 Å². The van der Waals surface area contributed by atoms with E-state index in [2.05, 4.69) is 10.6 Å². The van der Waals surface area contributed by atoms with E-state index in [-0.39, 0.29) is 11.5 Å². The van der Waals surface area contributed by atoms with Crippen molar-refractivity contribution in [3.05, 3.63) is 0 Å². The molecule has 4 aliphatic carbocycles. The molecule has 7 heteroatoms. The number of hydrogen-bond donors (Lipinski definition) is 2. The first kappa shape index (κ1) is 26.3. The number of carbonyl (C=O) groups excluding carboxylic acids is 2. The van der Waals surface area contributed by atoms with Gasteiger partial charge in [0.15, 0.2) is 0 Å². The van der Waals surface area contributed by atoms with Gasteiger partial charge < -0.3 is 24.8 Å². The molecule has 0 spiro atoms. The summed E-state index contributed by atoms with van der Waals surface area (Å²) in [5.74, 6) is 2.75. The van der Waals surface area contributed by atoms with Crippen LogP contribution in [0.4, 0.5) is 4.79 Å². The number of rotatable bonds is 14. The van der Waals surface area contributed by atoms with Gasteiger partial charge in [-0.25, -0.2) is 4.79 Å². The van der Waals surface area contributed by atoms with Gasteiger partial charge in [0.2, 0.25) is 5.91 Å². The highest BCUT2D eigenvalue weighted by atomic mass is 16.6. The number of alkyl carbamates (subject to hydrolysis) is 1. The molecule has 0 heterocycles. The second kappa shape index (κ2) is 12.4. The van der Waals surface area contributed by atoms with Crippen LogP contribution in [0.25, 0.3) is 0 Å². The Hall–Kier alpha value is -1.34. The smallest absolute Gasteiger partial charge is 0.407 e. The van der Waals surface area contributed by atoms with E-state index in [1.54, 1.807) is 0 Å². The molecule has 7 nitrogen and oxygen atoms in total. The van der Waals surface area contributed by atoms with E-state index >= 15 is 0 Å². The molecule has 0 aromatic rings. The molecule has 2 N–H and O–H groups in total. The molecule has 0 aromatic heterocycles. The first-order valence-corrected chi connectivity index (χ1v) is 13.2. The van der Waals surface area contributed by atoms with Crippen LogP contribution in [0.2, 0.25) is 0 Å². The summed E-state index contributed by atoms with van der Waals surface area (Å²) >= 11 is 0. The monoisotopic (exact) mass is 466 g/mol. The van der Waals surface area contributed by atoms with Crippen molar-refractivity contribution in [2.24, 2.45) is 23.2 Å². The van der Waals surface area contributed by atoms with Crippen LogP contribution in [0.15, 0.2) is 0 Å². The van der Waals surface area contributed by atoms with Crippen molar-refractivity contribution in [1.82, 2.24) is 10.6 Å². The fourth-order valence-corrected chi connectivity index (χ4v) is 6.24. The first-order valence-electron chi connectivity index (χ1n) is 13.2. The van der Waals surface area contributed by atoms with Gasteiger partial charge in [-0.1, -0.05) is 0 Å². The van der Waals surface area contributed by atoms with Crippen LogP contribution in [0.5, 0.6) is 0 Å². The standard InChI is InChI=1S/C26H46N2O5/c1-25(2,3)33-24(30)28-9-7-13-32-11-5-4-10-31-12-6-8-27-23(29)26-17-20-14-21(18-26)16-22(15-20)19-26/h20-22H,4-19H2,1-3H3,(H,27,29)(H,28,30). The largest absolute Gasteiger partial charge is 0.444 e. The summed E-state index contributed by atoms with van der Waals surface area (Å²) in [5.41, 5.74) is -0.508. The lowest BCUT2D eigenvalue weighted by molar-refractivity contribution is -0.146. The van der Waals surface area contributed by atoms with Gasteiger partial charge in [-0.3, -0.25) is 4.79 Å². The van der Waals surface area contributed by atoms with E-state index < -0.39 is 5.60 Å². The Labute approximate surface area is 200 Å². The van der Waals surface area contributed by atoms with Crippen LogP contribution in [0.1, 0.15) is 85.0 Å². The van der Waals surface area contributed by atoms with Gasteiger partial charge in [0.1, 0.15) is 5.60 Å². The van der Waals surface area contributed by atoms with Crippen LogP contribution in [0, 0.1) is 23.2 Å². The fraction of sp³-hybridized carbons (Fsp3) is 0.923. The molecular formula is C26H46N2O5. The highest BCUT2D eigenvalue weighted by molar-refractivity contribution is 5.83. The van der Waals surface area contributed by atoms with E-state index in [0.29, 0.717) is 32.3 Å². The quantitative estimate of drug-likeness (QED) is 0.370. The van der Waals surface area contributed by atoms with Crippen molar-refractivity contribution in [1.29, 1.82) is 0 Å². The lowest BCUT2D eigenvalue weighted by Crippen LogP contribution is -2.53. The van der Waals surface area contributed by atoms with Crippen molar-refractivity contribution in [3.8, 4) is 0 Å². The number of amides is 2. The number of unbranched alkanes of at least 4 members (excludes halogenated alkanes) is 1. The van der Waals surface area contributed by atoms with Gasteiger partial charge in [0.25, 0.3) is 0 Å². The summed E-state index contributed by atoms with van der Waals surface area (Å²) in [6.07, 6.45) is 10.7. The Morgan fingerprint density at radius 2 is 1.21 bits per heavy atom. The van der Waals surface area contributed by atoms with E-state index in [9.17, 15) is 9.59 Å². The second-order valence-corrected chi connectivity index (χ2v) is 11.5. The lowest BCUT2D eigenvalue weighted by Gasteiger charge is -2.55. The molecule has 0 saturated heterocycles. The highest BCUT2D eigenvalue weighted by Gasteiger charge is 2.54. The summed E-state index contributed by atoms with van der Waals surface area (Å²) in [7, 11) is 0. The van der Waals surface area contributed by atoms with E-state index in [4.69, 9.17) is 14.2 Å². The fourth-order valence-electron chi connectivity index (χ4n) is 6.24. The third kappa shape index (κ3) is 8.75. The molecule has 0 atom stereocenters. The third-order valence-electron chi connectivity index (χ3n) is 7.23. The number of ether oxygens (including phenoxy) is 3. The first-order chi connectivity index (χ1) is 15.8. The molecule has 4 saturated carbocycles. The van der Waals surface area contributed by atoms with Gasteiger partial charge in [-0.2, -0.15) is 0 Å². The topological polar surface area (TPSA) is 85.9 Å². The van der Waals surface area contributed by atoms with E-state index in [1.807, 2.05) is 20.8 Å². The van der Waals surface area contributed by atoms with Crippen LogP contribution < -0.4 is 10.6 Å².